The van der Waals surface area contributed by atoms with Gasteiger partial charge in [0.05, 0.1) is 5.56 Å². The second-order valence-corrected chi connectivity index (χ2v) is 5.01. The average molecular weight is 244 g/mol. The van der Waals surface area contributed by atoms with E-state index in [1.54, 1.807) is 33.8 Å². The summed E-state index contributed by atoms with van der Waals surface area (Å²) in [6.07, 6.45) is 6.01. The van der Waals surface area contributed by atoms with Gasteiger partial charge in [-0.25, -0.2) is 4.79 Å². The smallest absolute Gasteiger partial charge is 0.338 e. The molecular formula is C15H16O3. The number of benzene rings is 1. The number of ether oxygens (including phenoxy) is 1. The molecule has 0 saturated heterocycles. The summed E-state index contributed by atoms with van der Waals surface area (Å²) in [6.45, 7) is 7.09. The molecule has 1 aromatic rings. The van der Waals surface area contributed by atoms with Gasteiger partial charge in [-0.15, -0.1) is 6.42 Å². The number of aldehydes is 1. The van der Waals surface area contributed by atoms with Gasteiger partial charge in [-0.2, -0.15) is 0 Å². The van der Waals surface area contributed by atoms with Crippen molar-refractivity contribution in [2.45, 2.75) is 33.3 Å². The first-order valence-electron chi connectivity index (χ1n) is 5.58. The molecule has 0 amide bonds. The SMILES string of the molecule is C#Cc1cc(C=O)cc(C(=O)OC(C)(C)C)c1C. The Morgan fingerprint density at radius 1 is 1.39 bits per heavy atom. The van der Waals surface area contributed by atoms with E-state index in [1.165, 1.54) is 6.07 Å². The van der Waals surface area contributed by atoms with Gasteiger partial charge < -0.3 is 4.74 Å². The molecule has 1 rings (SSSR count). The summed E-state index contributed by atoms with van der Waals surface area (Å²) in [5.41, 5.74) is 1.30. The summed E-state index contributed by atoms with van der Waals surface area (Å²) in [4.78, 5) is 22.8. The van der Waals surface area contributed by atoms with E-state index < -0.39 is 11.6 Å². The third-order valence-corrected chi connectivity index (χ3v) is 2.34. The van der Waals surface area contributed by atoms with Crippen LogP contribution in [0.25, 0.3) is 0 Å². The van der Waals surface area contributed by atoms with Crippen LogP contribution in [0, 0.1) is 19.3 Å². The number of esters is 1. The number of carbonyl (C=O) groups excluding carboxylic acids is 2. The molecule has 0 aromatic heterocycles. The summed E-state index contributed by atoms with van der Waals surface area (Å²) in [5.74, 6) is 1.99. The van der Waals surface area contributed by atoms with Crippen molar-refractivity contribution in [1.82, 2.24) is 0 Å². The average Bonchev–Trinajstić information content (AvgIpc) is 2.27. The topological polar surface area (TPSA) is 43.4 Å². The van der Waals surface area contributed by atoms with Gasteiger partial charge in [-0.3, -0.25) is 4.79 Å². The van der Waals surface area contributed by atoms with Crippen LogP contribution in [0.3, 0.4) is 0 Å². The Bertz CT molecular complexity index is 528. The second kappa shape index (κ2) is 5.05. The normalized spacial score (nSPS) is 10.6. The molecule has 0 bridgehead atoms. The third kappa shape index (κ3) is 3.21. The monoisotopic (exact) mass is 244 g/mol. The van der Waals surface area contributed by atoms with E-state index in [0.29, 0.717) is 28.5 Å². The number of carbonyl (C=O) groups is 2. The quantitative estimate of drug-likeness (QED) is 0.456. The summed E-state index contributed by atoms with van der Waals surface area (Å²) in [7, 11) is 0. The third-order valence-electron chi connectivity index (χ3n) is 2.34. The zero-order valence-electron chi connectivity index (χ0n) is 11.0. The van der Waals surface area contributed by atoms with Crippen LogP contribution < -0.4 is 0 Å². The number of hydrogen-bond donors (Lipinski definition) is 0. The molecule has 0 fully saturated rings. The first kappa shape index (κ1) is 14.0. The highest BCUT2D eigenvalue weighted by Gasteiger charge is 2.20. The Balaban J connectivity index is 3.28. The fraction of sp³-hybridized carbons (Fsp3) is 0.333. The molecule has 0 N–H and O–H groups in total. The summed E-state index contributed by atoms with van der Waals surface area (Å²) in [5, 5.41) is 0. The molecule has 3 heteroatoms. The molecule has 0 radical (unpaired) electrons. The Hall–Kier alpha value is -2.08. The highest BCUT2D eigenvalue weighted by atomic mass is 16.6. The first-order valence-corrected chi connectivity index (χ1v) is 5.58. The Morgan fingerprint density at radius 2 is 2.00 bits per heavy atom. The largest absolute Gasteiger partial charge is 0.456 e. The molecule has 0 aliphatic rings. The second-order valence-electron chi connectivity index (χ2n) is 5.01. The zero-order valence-corrected chi connectivity index (χ0v) is 11.0. The molecule has 0 spiro atoms. The van der Waals surface area contributed by atoms with Crippen molar-refractivity contribution < 1.29 is 14.3 Å². The number of rotatable bonds is 2. The highest BCUT2D eigenvalue weighted by molar-refractivity contribution is 5.94. The molecule has 0 heterocycles. The minimum absolute atomic E-state index is 0.336. The first-order chi connectivity index (χ1) is 8.28. The van der Waals surface area contributed by atoms with Crippen LogP contribution in [0.1, 0.15) is 52.6 Å². The van der Waals surface area contributed by atoms with E-state index in [0.717, 1.165) is 0 Å². The van der Waals surface area contributed by atoms with Crippen molar-refractivity contribution in [3.05, 3.63) is 34.4 Å². The van der Waals surface area contributed by atoms with E-state index in [1.807, 2.05) is 0 Å². The predicted molar refractivity (Wildman–Crippen MR) is 69.7 cm³/mol. The Labute approximate surface area is 107 Å². The maximum atomic E-state index is 12.0. The minimum atomic E-state index is -0.586. The fourth-order valence-corrected chi connectivity index (χ4v) is 1.50. The van der Waals surface area contributed by atoms with E-state index in [9.17, 15) is 9.59 Å². The molecule has 0 aliphatic heterocycles. The Kier molecular flexibility index (Phi) is 3.93. The molecule has 0 unspecified atom stereocenters. The standard InChI is InChI=1S/C15H16O3/c1-6-12-7-11(9-16)8-13(10(12)2)14(17)18-15(3,4)5/h1,7-9H,2-5H3. The lowest BCUT2D eigenvalue weighted by atomic mass is 9.99. The molecule has 3 nitrogen and oxygen atoms in total. The summed E-state index contributed by atoms with van der Waals surface area (Å²) in [6, 6.07) is 3.08. The van der Waals surface area contributed by atoms with Crippen LogP contribution in [0.5, 0.6) is 0 Å². The van der Waals surface area contributed by atoms with Crippen LogP contribution in [-0.4, -0.2) is 17.9 Å². The molecule has 0 aliphatic carbocycles. The van der Waals surface area contributed by atoms with Crippen molar-refractivity contribution in [1.29, 1.82) is 0 Å². The molecule has 18 heavy (non-hydrogen) atoms. The van der Waals surface area contributed by atoms with Gasteiger partial charge in [0.1, 0.15) is 11.9 Å². The van der Waals surface area contributed by atoms with Gasteiger partial charge in [0.2, 0.25) is 0 Å². The molecule has 0 saturated carbocycles. The maximum absolute atomic E-state index is 12.0. The molecule has 94 valence electrons. The van der Waals surface area contributed by atoms with Crippen LogP contribution in [0.4, 0.5) is 0 Å². The van der Waals surface area contributed by atoms with E-state index in [-0.39, 0.29) is 0 Å². The van der Waals surface area contributed by atoms with Crippen molar-refractivity contribution >= 4 is 12.3 Å². The molecular weight excluding hydrogens is 228 g/mol. The molecule has 0 atom stereocenters. The van der Waals surface area contributed by atoms with E-state index >= 15 is 0 Å². The van der Waals surface area contributed by atoms with Gasteiger partial charge in [0.15, 0.2) is 0 Å². The zero-order chi connectivity index (χ0) is 13.9. The van der Waals surface area contributed by atoms with Crippen molar-refractivity contribution in [2.75, 3.05) is 0 Å². The van der Waals surface area contributed by atoms with Gasteiger partial charge in [-0.05, 0) is 45.4 Å². The van der Waals surface area contributed by atoms with Crippen LogP contribution >= 0.6 is 0 Å². The van der Waals surface area contributed by atoms with Gasteiger partial charge in [0.25, 0.3) is 0 Å². The molecule has 1 aromatic carbocycles. The Morgan fingerprint density at radius 3 is 2.44 bits per heavy atom. The van der Waals surface area contributed by atoms with Crippen LogP contribution in [0.2, 0.25) is 0 Å². The number of terminal acetylenes is 1. The fourth-order valence-electron chi connectivity index (χ4n) is 1.50. The predicted octanol–water partition coefficient (Wildman–Crippen LogP) is 2.74. The van der Waals surface area contributed by atoms with Gasteiger partial charge >= 0.3 is 5.97 Å². The van der Waals surface area contributed by atoms with Gasteiger partial charge in [0, 0.05) is 11.1 Å². The van der Waals surface area contributed by atoms with Crippen LogP contribution in [-0.2, 0) is 4.74 Å². The van der Waals surface area contributed by atoms with Crippen molar-refractivity contribution in [2.24, 2.45) is 0 Å². The van der Waals surface area contributed by atoms with E-state index in [2.05, 4.69) is 5.92 Å². The van der Waals surface area contributed by atoms with Gasteiger partial charge in [-0.1, -0.05) is 5.92 Å². The van der Waals surface area contributed by atoms with Crippen LogP contribution in [0.15, 0.2) is 12.1 Å². The highest BCUT2D eigenvalue weighted by Crippen LogP contribution is 2.19. The van der Waals surface area contributed by atoms with E-state index in [4.69, 9.17) is 11.2 Å². The lowest BCUT2D eigenvalue weighted by Gasteiger charge is -2.20. The maximum Gasteiger partial charge on any atom is 0.338 e. The summed E-state index contributed by atoms with van der Waals surface area (Å²) < 4.78 is 5.28. The van der Waals surface area contributed by atoms with Crippen molar-refractivity contribution in [3.63, 3.8) is 0 Å². The lowest BCUT2D eigenvalue weighted by molar-refractivity contribution is 0.00687. The summed E-state index contributed by atoms with van der Waals surface area (Å²) >= 11 is 0. The minimum Gasteiger partial charge on any atom is -0.456 e. The lowest BCUT2D eigenvalue weighted by Crippen LogP contribution is -2.24. The van der Waals surface area contributed by atoms with Crippen molar-refractivity contribution in [3.8, 4) is 12.3 Å². The number of hydrogen-bond acceptors (Lipinski definition) is 3.